The zero-order chi connectivity index (χ0) is 13.8. The predicted octanol–water partition coefficient (Wildman–Crippen LogP) is 3.84. The van der Waals surface area contributed by atoms with E-state index in [9.17, 15) is 0 Å². The van der Waals surface area contributed by atoms with Gasteiger partial charge in [-0.3, -0.25) is 0 Å². The Hall–Kier alpha value is -1.97. The summed E-state index contributed by atoms with van der Waals surface area (Å²) in [5.41, 5.74) is 8.73. The Morgan fingerprint density at radius 3 is 2.53 bits per heavy atom. The zero-order valence-electron chi connectivity index (χ0n) is 11.6. The number of hydrogen-bond acceptors (Lipinski definition) is 4. The highest BCUT2D eigenvalue weighted by atomic mass is 16.5. The summed E-state index contributed by atoms with van der Waals surface area (Å²) in [6.07, 6.45) is 0.996. The second-order valence-corrected chi connectivity index (χ2v) is 4.57. The minimum Gasteiger partial charge on any atom is -0.494 e. The molecule has 0 amide bonds. The molecule has 0 aliphatic rings. The predicted molar refractivity (Wildman–Crippen MR) is 76.2 cm³/mol. The van der Waals surface area contributed by atoms with Crippen LogP contribution >= 0.6 is 0 Å². The number of nitrogens with zero attached hydrogens (tertiary/aromatic N) is 1. The molecule has 4 heteroatoms. The van der Waals surface area contributed by atoms with E-state index in [1.165, 1.54) is 0 Å². The van der Waals surface area contributed by atoms with Gasteiger partial charge in [-0.05, 0) is 31.0 Å². The van der Waals surface area contributed by atoms with Crippen LogP contribution in [0.15, 0.2) is 28.8 Å². The number of benzene rings is 1. The lowest BCUT2D eigenvalue weighted by atomic mass is 9.96. The molecular formula is C15H20N2O2. The topological polar surface area (TPSA) is 61.3 Å². The fraction of sp³-hybridized carbons (Fsp3) is 0.400. The molecule has 1 aromatic carbocycles. The summed E-state index contributed by atoms with van der Waals surface area (Å²) in [5, 5.41) is 4.09. The molecule has 0 fully saturated rings. The highest BCUT2D eigenvalue weighted by Gasteiger charge is 2.19. The van der Waals surface area contributed by atoms with Crippen molar-refractivity contribution in [2.75, 3.05) is 12.3 Å². The minimum atomic E-state index is 0.322. The average molecular weight is 260 g/mol. The summed E-state index contributed by atoms with van der Waals surface area (Å²) in [5.74, 6) is 1.55. The summed E-state index contributed by atoms with van der Waals surface area (Å²) >= 11 is 0. The van der Waals surface area contributed by atoms with E-state index in [0.29, 0.717) is 18.4 Å². The van der Waals surface area contributed by atoms with E-state index >= 15 is 0 Å². The Kier molecular flexibility index (Phi) is 4.10. The van der Waals surface area contributed by atoms with E-state index in [-0.39, 0.29) is 0 Å². The van der Waals surface area contributed by atoms with Crippen LogP contribution in [0.5, 0.6) is 5.75 Å². The lowest BCUT2D eigenvalue weighted by Gasteiger charge is -2.08. The highest BCUT2D eigenvalue weighted by Crippen LogP contribution is 2.35. The third kappa shape index (κ3) is 2.72. The van der Waals surface area contributed by atoms with E-state index in [2.05, 4.69) is 19.0 Å². The molecular weight excluding hydrogens is 240 g/mol. The van der Waals surface area contributed by atoms with Crippen LogP contribution in [-0.2, 0) is 0 Å². The maximum Gasteiger partial charge on any atom is 0.230 e. The van der Waals surface area contributed by atoms with Gasteiger partial charge in [-0.15, -0.1) is 0 Å². The molecule has 2 aromatic rings. The summed E-state index contributed by atoms with van der Waals surface area (Å²) in [7, 11) is 0. The van der Waals surface area contributed by atoms with Gasteiger partial charge in [0.25, 0.3) is 0 Å². The molecule has 19 heavy (non-hydrogen) atoms. The fourth-order valence-corrected chi connectivity index (χ4v) is 2.02. The zero-order valence-corrected chi connectivity index (χ0v) is 11.6. The van der Waals surface area contributed by atoms with Gasteiger partial charge in [0, 0.05) is 5.92 Å². The van der Waals surface area contributed by atoms with Gasteiger partial charge in [-0.2, -0.15) is 0 Å². The van der Waals surface area contributed by atoms with Gasteiger partial charge in [0.05, 0.1) is 17.9 Å². The van der Waals surface area contributed by atoms with Gasteiger partial charge in [-0.25, -0.2) is 0 Å². The van der Waals surface area contributed by atoms with Gasteiger partial charge < -0.3 is 15.0 Å². The Bertz CT molecular complexity index is 532. The molecule has 0 radical (unpaired) electrons. The molecule has 2 N–H and O–H groups in total. The summed E-state index contributed by atoms with van der Waals surface area (Å²) in [6.45, 7) is 6.87. The molecule has 0 spiro atoms. The van der Waals surface area contributed by atoms with Gasteiger partial charge in [-0.1, -0.05) is 31.1 Å². The average Bonchev–Trinajstić information content (AvgIpc) is 2.81. The SMILES string of the molecule is CCOc1ccc(-c2c(C(C)CC)noc2N)cc1. The normalized spacial score (nSPS) is 12.4. The number of hydrogen-bond donors (Lipinski definition) is 1. The van der Waals surface area contributed by atoms with Crippen LogP contribution in [0.4, 0.5) is 5.88 Å². The third-order valence-electron chi connectivity index (χ3n) is 3.28. The molecule has 0 saturated carbocycles. The first-order valence-corrected chi connectivity index (χ1v) is 6.65. The standard InChI is InChI=1S/C15H20N2O2/c1-4-10(3)14-13(15(16)19-17-14)11-6-8-12(9-7-11)18-5-2/h6-10H,4-5,16H2,1-3H3. The van der Waals surface area contributed by atoms with Crippen LogP contribution in [-0.4, -0.2) is 11.8 Å². The Labute approximate surface area is 113 Å². The summed E-state index contributed by atoms with van der Waals surface area (Å²) < 4.78 is 10.6. The maximum absolute atomic E-state index is 5.90. The van der Waals surface area contributed by atoms with Crippen molar-refractivity contribution in [1.82, 2.24) is 5.16 Å². The van der Waals surface area contributed by atoms with E-state index in [4.69, 9.17) is 15.0 Å². The van der Waals surface area contributed by atoms with Crippen molar-refractivity contribution in [2.24, 2.45) is 0 Å². The molecule has 102 valence electrons. The van der Waals surface area contributed by atoms with Crippen LogP contribution in [0.3, 0.4) is 0 Å². The van der Waals surface area contributed by atoms with Crippen LogP contribution in [0.2, 0.25) is 0 Å². The summed E-state index contributed by atoms with van der Waals surface area (Å²) in [4.78, 5) is 0. The van der Waals surface area contributed by atoms with E-state index in [1.54, 1.807) is 0 Å². The molecule has 2 rings (SSSR count). The van der Waals surface area contributed by atoms with Crippen molar-refractivity contribution in [3.05, 3.63) is 30.0 Å². The van der Waals surface area contributed by atoms with E-state index in [0.717, 1.165) is 29.0 Å². The number of aromatic nitrogens is 1. The number of rotatable bonds is 5. The number of nitrogen functional groups attached to an aromatic ring is 1. The first kappa shape index (κ1) is 13.5. The molecule has 0 bridgehead atoms. The summed E-state index contributed by atoms with van der Waals surface area (Å²) in [6, 6.07) is 7.84. The van der Waals surface area contributed by atoms with Crippen molar-refractivity contribution >= 4 is 5.88 Å². The molecule has 0 aliphatic heterocycles. The number of anilines is 1. The maximum atomic E-state index is 5.90. The fourth-order valence-electron chi connectivity index (χ4n) is 2.02. The van der Waals surface area contributed by atoms with Crippen LogP contribution in [0.25, 0.3) is 11.1 Å². The first-order valence-electron chi connectivity index (χ1n) is 6.65. The first-order chi connectivity index (χ1) is 9.17. The highest BCUT2D eigenvalue weighted by molar-refractivity contribution is 5.75. The third-order valence-corrected chi connectivity index (χ3v) is 3.28. The van der Waals surface area contributed by atoms with Crippen molar-refractivity contribution in [2.45, 2.75) is 33.1 Å². The lowest BCUT2D eigenvalue weighted by Crippen LogP contribution is -1.96. The molecule has 0 saturated heterocycles. The Morgan fingerprint density at radius 2 is 1.95 bits per heavy atom. The Morgan fingerprint density at radius 1 is 1.26 bits per heavy atom. The molecule has 0 aliphatic carbocycles. The quantitative estimate of drug-likeness (QED) is 0.887. The van der Waals surface area contributed by atoms with Crippen LogP contribution in [0, 0.1) is 0 Å². The molecule has 4 nitrogen and oxygen atoms in total. The van der Waals surface area contributed by atoms with Crippen molar-refractivity contribution in [3.8, 4) is 16.9 Å². The van der Waals surface area contributed by atoms with E-state index < -0.39 is 0 Å². The van der Waals surface area contributed by atoms with Crippen molar-refractivity contribution < 1.29 is 9.26 Å². The smallest absolute Gasteiger partial charge is 0.230 e. The minimum absolute atomic E-state index is 0.322. The van der Waals surface area contributed by atoms with Gasteiger partial charge in [0.1, 0.15) is 5.75 Å². The number of ether oxygens (including phenoxy) is 1. The molecule has 1 atom stereocenters. The molecule has 1 unspecified atom stereocenters. The second-order valence-electron chi connectivity index (χ2n) is 4.57. The van der Waals surface area contributed by atoms with Gasteiger partial charge in [0.15, 0.2) is 0 Å². The lowest BCUT2D eigenvalue weighted by molar-refractivity contribution is 0.340. The van der Waals surface area contributed by atoms with Crippen LogP contribution in [0.1, 0.15) is 38.8 Å². The van der Waals surface area contributed by atoms with Gasteiger partial charge >= 0.3 is 0 Å². The van der Waals surface area contributed by atoms with Gasteiger partial charge in [0.2, 0.25) is 5.88 Å². The largest absolute Gasteiger partial charge is 0.494 e. The van der Waals surface area contributed by atoms with Crippen LogP contribution < -0.4 is 10.5 Å². The number of nitrogens with two attached hydrogens (primary N) is 1. The Balaban J connectivity index is 2.38. The molecule has 1 aromatic heterocycles. The monoisotopic (exact) mass is 260 g/mol. The van der Waals surface area contributed by atoms with Crippen molar-refractivity contribution in [1.29, 1.82) is 0 Å². The van der Waals surface area contributed by atoms with Crippen molar-refractivity contribution in [3.63, 3.8) is 0 Å². The van der Waals surface area contributed by atoms with E-state index in [1.807, 2.05) is 31.2 Å². The molecule has 1 heterocycles. The second kappa shape index (κ2) is 5.78.